The lowest BCUT2D eigenvalue weighted by Crippen LogP contribution is -2.31. The van der Waals surface area contributed by atoms with Gasteiger partial charge in [-0.3, -0.25) is 14.5 Å². The van der Waals surface area contributed by atoms with E-state index in [-0.39, 0.29) is 24.9 Å². The van der Waals surface area contributed by atoms with Crippen LogP contribution in [0, 0.1) is 0 Å². The second-order valence-electron chi connectivity index (χ2n) is 6.68. The highest BCUT2D eigenvalue weighted by Gasteiger charge is 2.29. The number of nitrogens with zero attached hydrogens (tertiary/aromatic N) is 1. The van der Waals surface area contributed by atoms with Gasteiger partial charge < -0.3 is 10.6 Å². The number of urea groups is 1. The van der Waals surface area contributed by atoms with E-state index >= 15 is 0 Å². The predicted molar refractivity (Wildman–Crippen MR) is 103 cm³/mol. The standard InChI is InChI=1S/C21H23N3O3/c1-3-14(2)15-8-10-17(11-9-15)23-20(26)18-7-5-4-6-16(18)13-24-19(25)12-22-21(24)27/h4-11,14H,3,12-13H2,1-2H3,(H,22,27)(H,23,26). The number of benzene rings is 2. The first-order chi connectivity index (χ1) is 13.0. The minimum absolute atomic E-state index is 0.00424. The Hall–Kier alpha value is -3.15. The van der Waals surface area contributed by atoms with E-state index in [2.05, 4.69) is 24.5 Å². The fourth-order valence-electron chi connectivity index (χ4n) is 2.99. The molecule has 2 N–H and O–H groups in total. The Labute approximate surface area is 158 Å². The summed E-state index contributed by atoms with van der Waals surface area (Å²) in [5.41, 5.74) is 3.00. The fraction of sp³-hybridized carbons (Fsp3) is 0.286. The lowest BCUT2D eigenvalue weighted by atomic mass is 9.98. The molecular formula is C21H23N3O3. The van der Waals surface area contributed by atoms with E-state index in [1.807, 2.05) is 24.3 Å². The summed E-state index contributed by atoms with van der Waals surface area (Å²) >= 11 is 0. The van der Waals surface area contributed by atoms with E-state index < -0.39 is 6.03 Å². The van der Waals surface area contributed by atoms with E-state index in [9.17, 15) is 14.4 Å². The van der Waals surface area contributed by atoms with Gasteiger partial charge in [0.1, 0.15) is 0 Å². The average Bonchev–Trinajstić information content (AvgIpc) is 3.00. The van der Waals surface area contributed by atoms with Crippen molar-refractivity contribution in [2.24, 2.45) is 0 Å². The number of hydrogen-bond donors (Lipinski definition) is 2. The van der Waals surface area contributed by atoms with Crippen molar-refractivity contribution < 1.29 is 14.4 Å². The Balaban J connectivity index is 1.75. The third-order valence-corrected chi connectivity index (χ3v) is 4.88. The summed E-state index contributed by atoms with van der Waals surface area (Å²) in [6.45, 7) is 4.37. The molecule has 4 amide bonds. The number of imide groups is 1. The van der Waals surface area contributed by atoms with E-state index in [0.29, 0.717) is 22.7 Å². The smallest absolute Gasteiger partial charge is 0.324 e. The lowest BCUT2D eigenvalue weighted by molar-refractivity contribution is -0.125. The largest absolute Gasteiger partial charge is 0.329 e. The van der Waals surface area contributed by atoms with Crippen LogP contribution in [0.4, 0.5) is 10.5 Å². The van der Waals surface area contributed by atoms with Crippen molar-refractivity contribution in [2.75, 3.05) is 11.9 Å². The van der Waals surface area contributed by atoms with E-state index in [4.69, 9.17) is 0 Å². The zero-order valence-electron chi connectivity index (χ0n) is 15.5. The SMILES string of the molecule is CCC(C)c1ccc(NC(=O)c2ccccc2CN2C(=O)CNC2=O)cc1. The Morgan fingerprint density at radius 2 is 1.85 bits per heavy atom. The third-order valence-electron chi connectivity index (χ3n) is 4.88. The molecule has 1 unspecified atom stereocenters. The molecule has 6 heteroatoms. The second kappa shape index (κ2) is 8.03. The van der Waals surface area contributed by atoms with Crippen molar-refractivity contribution in [1.29, 1.82) is 0 Å². The van der Waals surface area contributed by atoms with Gasteiger partial charge in [-0.15, -0.1) is 0 Å². The Bertz CT molecular complexity index is 845. The minimum Gasteiger partial charge on any atom is -0.329 e. The molecule has 27 heavy (non-hydrogen) atoms. The molecule has 0 aliphatic carbocycles. The summed E-state index contributed by atoms with van der Waals surface area (Å²) < 4.78 is 0. The van der Waals surface area contributed by atoms with Crippen LogP contribution >= 0.6 is 0 Å². The van der Waals surface area contributed by atoms with Gasteiger partial charge in [-0.05, 0) is 41.7 Å². The van der Waals surface area contributed by atoms with Crippen LogP contribution < -0.4 is 10.6 Å². The summed E-state index contributed by atoms with van der Waals surface area (Å²) in [5.74, 6) is -0.0931. The molecule has 140 valence electrons. The maximum atomic E-state index is 12.7. The van der Waals surface area contributed by atoms with Gasteiger partial charge in [-0.25, -0.2) is 4.79 Å². The summed E-state index contributed by atoms with van der Waals surface area (Å²) in [6, 6.07) is 14.4. The van der Waals surface area contributed by atoms with Crippen molar-refractivity contribution in [2.45, 2.75) is 32.7 Å². The normalized spacial score (nSPS) is 14.8. The molecule has 0 bridgehead atoms. The number of hydrogen-bond acceptors (Lipinski definition) is 3. The van der Waals surface area contributed by atoms with Crippen LogP contribution in [0.3, 0.4) is 0 Å². The van der Waals surface area contributed by atoms with Crippen LogP contribution in [0.15, 0.2) is 48.5 Å². The van der Waals surface area contributed by atoms with E-state index in [1.54, 1.807) is 24.3 Å². The van der Waals surface area contributed by atoms with Crippen LogP contribution in [0.1, 0.15) is 47.7 Å². The van der Waals surface area contributed by atoms with Crippen LogP contribution in [-0.4, -0.2) is 29.3 Å². The summed E-state index contributed by atoms with van der Waals surface area (Å²) in [6.07, 6.45) is 1.06. The van der Waals surface area contributed by atoms with Crippen molar-refractivity contribution in [3.8, 4) is 0 Å². The first-order valence-corrected chi connectivity index (χ1v) is 9.07. The molecule has 1 heterocycles. The molecule has 0 saturated carbocycles. The average molecular weight is 365 g/mol. The fourth-order valence-corrected chi connectivity index (χ4v) is 2.99. The maximum Gasteiger partial charge on any atom is 0.324 e. The van der Waals surface area contributed by atoms with Gasteiger partial charge in [0.25, 0.3) is 5.91 Å². The Morgan fingerprint density at radius 3 is 2.48 bits per heavy atom. The highest BCUT2D eigenvalue weighted by molar-refractivity contribution is 6.06. The number of carbonyl (C=O) groups is 3. The minimum atomic E-state index is -0.434. The molecule has 6 nitrogen and oxygen atoms in total. The first kappa shape index (κ1) is 18.6. The quantitative estimate of drug-likeness (QED) is 0.769. The molecular weight excluding hydrogens is 342 g/mol. The Kier molecular flexibility index (Phi) is 5.54. The molecule has 1 aliphatic rings. The first-order valence-electron chi connectivity index (χ1n) is 9.07. The van der Waals surface area contributed by atoms with Crippen LogP contribution in [-0.2, 0) is 11.3 Å². The molecule has 3 rings (SSSR count). The van der Waals surface area contributed by atoms with Gasteiger partial charge in [0, 0.05) is 11.3 Å². The summed E-state index contributed by atoms with van der Waals surface area (Å²) in [7, 11) is 0. The highest BCUT2D eigenvalue weighted by atomic mass is 16.2. The van der Waals surface area contributed by atoms with Gasteiger partial charge in [0.05, 0.1) is 13.1 Å². The molecule has 0 spiro atoms. The van der Waals surface area contributed by atoms with Gasteiger partial charge in [0.15, 0.2) is 0 Å². The summed E-state index contributed by atoms with van der Waals surface area (Å²) in [5, 5.41) is 5.37. The number of nitrogens with one attached hydrogen (secondary N) is 2. The highest BCUT2D eigenvalue weighted by Crippen LogP contribution is 2.21. The van der Waals surface area contributed by atoms with Gasteiger partial charge in [0.2, 0.25) is 5.91 Å². The van der Waals surface area contributed by atoms with Crippen LogP contribution in [0.25, 0.3) is 0 Å². The van der Waals surface area contributed by atoms with Crippen molar-refractivity contribution in [3.05, 3.63) is 65.2 Å². The lowest BCUT2D eigenvalue weighted by Gasteiger charge is -2.16. The van der Waals surface area contributed by atoms with Crippen molar-refractivity contribution in [3.63, 3.8) is 0 Å². The summed E-state index contributed by atoms with van der Waals surface area (Å²) in [4.78, 5) is 37.4. The number of anilines is 1. The Morgan fingerprint density at radius 1 is 1.15 bits per heavy atom. The van der Waals surface area contributed by atoms with Crippen LogP contribution in [0.5, 0.6) is 0 Å². The second-order valence-corrected chi connectivity index (χ2v) is 6.68. The zero-order valence-corrected chi connectivity index (χ0v) is 15.5. The zero-order chi connectivity index (χ0) is 19.4. The van der Waals surface area contributed by atoms with Gasteiger partial charge in [-0.1, -0.05) is 44.2 Å². The van der Waals surface area contributed by atoms with Gasteiger partial charge >= 0.3 is 6.03 Å². The predicted octanol–water partition coefficient (Wildman–Crippen LogP) is 3.50. The molecule has 2 aromatic rings. The van der Waals surface area contributed by atoms with Crippen molar-refractivity contribution >= 4 is 23.5 Å². The molecule has 1 saturated heterocycles. The van der Waals surface area contributed by atoms with Crippen molar-refractivity contribution in [1.82, 2.24) is 10.2 Å². The van der Waals surface area contributed by atoms with E-state index in [0.717, 1.165) is 11.3 Å². The number of carbonyl (C=O) groups excluding carboxylic acids is 3. The topological polar surface area (TPSA) is 78.5 Å². The van der Waals surface area contributed by atoms with E-state index in [1.165, 1.54) is 5.56 Å². The molecule has 1 atom stereocenters. The number of rotatable bonds is 6. The maximum absolute atomic E-state index is 12.7. The van der Waals surface area contributed by atoms with Crippen LogP contribution in [0.2, 0.25) is 0 Å². The number of amides is 4. The molecule has 0 radical (unpaired) electrons. The monoisotopic (exact) mass is 365 g/mol. The molecule has 2 aromatic carbocycles. The molecule has 1 aliphatic heterocycles. The molecule has 1 fully saturated rings. The molecule has 0 aromatic heterocycles. The van der Waals surface area contributed by atoms with Gasteiger partial charge in [-0.2, -0.15) is 0 Å². The third kappa shape index (κ3) is 4.16.